The Kier molecular flexibility index (Phi) is 7.41. The van der Waals surface area contributed by atoms with Gasteiger partial charge in [-0.05, 0) is 38.6 Å². The number of carbonyl (C=O) groups is 2. The minimum Gasteiger partial charge on any atom is -0.356 e. The van der Waals surface area contributed by atoms with Gasteiger partial charge < -0.3 is 16.0 Å². The van der Waals surface area contributed by atoms with Gasteiger partial charge in [0.2, 0.25) is 11.8 Å². The Morgan fingerprint density at radius 1 is 1.06 bits per heavy atom. The highest BCUT2D eigenvalue weighted by molar-refractivity contribution is 5.79. The summed E-state index contributed by atoms with van der Waals surface area (Å²) in [4.78, 5) is 25.1. The predicted octanol–water partition coefficient (Wildman–Crippen LogP) is 0.634. The standard InChI is InChI=1S/C13H25N3O2/c14-8-3-2-6-12(17)15-9-7-13(18)16-10-4-1-5-11-16/h1-11,14H2,(H,15,17). The Hall–Kier alpha value is -1.10. The second-order valence-corrected chi connectivity index (χ2v) is 4.79. The van der Waals surface area contributed by atoms with Crippen molar-refractivity contribution in [2.45, 2.75) is 44.9 Å². The quantitative estimate of drug-likeness (QED) is 0.655. The summed E-state index contributed by atoms with van der Waals surface area (Å²) in [6, 6.07) is 0. The number of hydrogen-bond donors (Lipinski definition) is 2. The first kappa shape index (κ1) is 15.0. The van der Waals surface area contributed by atoms with Crippen LogP contribution in [0.1, 0.15) is 44.9 Å². The monoisotopic (exact) mass is 255 g/mol. The molecule has 0 aromatic carbocycles. The van der Waals surface area contributed by atoms with Gasteiger partial charge in [-0.25, -0.2) is 0 Å². The van der Waals surface area contributed by atoms with Crippen molar-refractivity contribution in [3.8, 4) is 0 Å². The van der Waals surface area contributed by atoms with Crippen LogP contribution in [0.15, 0.2) is 0 Å². The zero-order valence-electron chi connectivity index (χ0n) is 11.1. The van der Waals surface area contributed by atoms with E-state index in [9.17, 15) is 9.59 Å². The second kappa shape index (κ2) is 8.91. The lowest BCUT2D eigenvalue weighted by Crippen LogP contribution is -2.37. The lowest BCUT2D eigenvalue weighted by atomic mass is 10.1. The molecular weight excluding hydrogens is 230 g/mol. The van der Waals surface area contributed by atoms with E-state index in [4.69, 9.17) is 5.73 Å². The molecule has 0 aliphatic carbocycles. The summed E-state index contributed by atoms with van der Waals surface area (Å²) in [5.41, 5.74) is 5.36. The molecule has 0 saturated carbocycles. The van der Waals surface area contributed by atoms with Crippen molar-refractivity contribution >= 4 is 11.8 Å². The van der Waals surface area contributed by atoms with Crippen molar-refractivity contribution in [3.63, 3.8) is 0 Å². The Balaban J connectivity index is 2.05. The highest BCUT2D eigenvalue weighted by Gasteiger charge is 2.15. The maximum absolute atomic E-state index is 11.8. The average molecular weight is 255 g/mol. The molecular formula is C13H25N3O2. The third kappa shape index (κ3) is 6.00. The first-order chi connectivity index (χ1) is 8.74. The molecule has 1 saturated heterocycles. The normalized spacial score (nSPS) is 15.5. The first-order valence-corrected chi connectivity index (χ1v) is 6.98. The number of amides is 2. The Morgan fingerprint density at radius 2 is 1.78 bits per heavy atom. The summed E-state index contributed by atoms with van der Waals surface area (Å²) in [6.45, 7) is 2.84. The van der Waals surface area contributed by atoms with Crippen LogP contribution >= 0.6 is 0 Å². The minimum atomic E-state index is 0.0231. The fourth-order valence-electron chi connectivity index (χ4n) is 2.13. The molecule has 0 aromatic rings. The van der Waals surface area contributed by atoms with Crippen molar-refractivity contribution in [1.82, 2.24) is 10.2 Å². The second-order valence-electron chi connectivity index (χ2n) is 4.79. The molecule has 0 atom stereocenters. The minimum absolute atomic E-state index is 0.0231. The molecule has 1 heterocycles. The van der Waals surface area contributed by atoms with Crippen molar-refractivity contribution in [3.05, 3.63) is 0 Å². The molecule has 18 heavy (non-hydrogen) atoms. The van der Waals surface area contributed by atoms with Crippen molar-refractivity contribution in [2.75, 3.05) is 26.2 Å². The third-order valence-corrected chi connectivity index (χ3v) is 3.23. The van der Waals surface area contributed by atoms with E-state index in [1.54, 1.807) is 0 Å². The van der Waals surface area contributed by atoms with E-state index in [1.165, 1.54) is 6.42 Å². The fourth-order valence-corrected chi connectivity index (χ4v) is 2.13. The van der Waals surface area contributed by atoms with E-state index in [0.29, 0.717) is 25.9 Å². The van der Waals surface area contributed by atoms with Crippen molar-refractivity contribution in [2.24, 2.45) is 5.73 Å². The van der Waals surface area contributed by atoms with E-state index >= 15 is 0 Å². The lowest BCUT2D eigenvalue weighted by Gasteiger charge is -2.26. The zero-order valence-corrected chi connectivity index (χ0v) is 11.1. The largest absolute Gasteiger partial charge is 0.356 e. The number of piperidine rings is 1. The SMILES string of the molecule is NCCCCC(=O)NCCC(=O)N1CCCCC1. The lowest BCUT2D eigenvalue weighted by molar-refractivity contribution is -0.132. The molecule has 104 valence electrons. The van der Waals surface area contributed by atoms with E-state index < -0.39 is 0 Å². The first-order valence-electron chi connectivity index (χ1n) is 6.98. The molecule has 0 spiro atoms. The molecule has 5 heteroatoms. The summed E-state index contributed by atoms with van der Waals surface area (Å²) >= 11 is 0. The van der Waals surface area contributed by atoms with Crippen LogP contribution < -0.4 is 11.1 Å². The molecule has 1 fully saturated rings. The summed E-state index contributed by atoms with van der Waals surface area (Å²) < 4.78 is 0. The van der Waals surface area contributed by atoms with E-state index in [-0.39, 0.29) is 11.8 Å². The van der Waals surface area contributed by atoms with Gasteiger partial charge in [-0.3, -0.25) is 9.59 Å². The van der Waals surface area contributed by atoms with Gasteiger partial charge in [-0.15, -0.1) is 0 Å². The van der Waals surface area contributed by atoms with Crippen LogP contribution in [-0.4, -0.2) is 42.9 Å². The van der Waals surface area contributed by atoms with Crippen molar-refractivity contribution < 1.29 is 9.59 Å². The number of nitrogens with zero attached hydrogens (tertiary/aromatic N) is 1. The van der Waals surface area contributed by atoms with Gasteiger partial charge in [0.05, 0.1) is 0 Å². The molecule has 0 bridgehead atoms. The summed E-state index contributed by atoms with van der Waals surface area (Å²) in [7, 11) is 0. The van der Waals surface area contributed by atoms with Gasteiger partial charge in [0.25, 0.3) is 0 Å². The van der Waals surface area contributed by atoms with Gasteiger partial charge in [-0.2, -0.15) is 0 Å². The van der Waals surface area contributed by atoms with E-state index in [1.807, 2.05) is 4.90 Å². The van der Waals surface area contributed by atoms with Crippen LogP contribution in [0.2, 0.25) is 0 Å². The van der Waals surface area contributed by atoms with Gasteiger partial charge in [0.15, 0.2) is 0 Å². The van der Waals surface area contributed by atoms with Gasteiger partial charge in [0, 0.05) is 32.5 Å². The third-order valence-electron chi connectivity index (χ3n) is 3.23. The average Bonchev–Trinajstić information content (AvgIpc) is 2.40. The molecule has 1 aliphatic rings. The summed E-state index contributed by atoms with van der Waals surface area (Å²) in [5, 5.41) is 2.78. The Labute approximate surface area is 109 Å². The van der Waals surface area contributed by atoms with Crippen LogP contribution in [-0.2, 0) is 9.59 Å². The van der Waals surface area contributed by atoms with Crippen LogP contribution in [0.4, 0.5) is 0 Å². The van der Waals surface area contributed by atoms with Crippen LogP contribution in [0.5, 0.6) is 0 Å². The summed E-state index contributed by atoms with van der Waals surface area (Å²) in [6.07, 6.45) is 6.07. The molecule has 3 N–H and O–H groups in total. The van der Waals surface area contributed by atoms with E-state index in [2.05, 4.69) is 5.32 Å². The molecule has 1 aliphatic heterocycles. The fraction of sp³-hybridized carbons (Fsp3) is 0.846. The molecule has 0 aromatic heterocycles. The number of rotatable bonds is 7. The molecule has 0 radical (unpaired) electrons. The molecule has 5 nitrogen and oxygen atoms in total. The molecule has 0 unspecified atom stereocenters. The number of unbranched alkanes of at least 4 members (excludes halogenated alkanes) is 1. The number of nitrogens with two attached hydrogens (primary N) is 1. The van der Waals surface area contributed by atoms with E-state index in [0.717, 1.165) is 38.8 Å². The van der Waals surface area contributed by atoms with Gasteiger partial charge in [0.1, 0.15) is 0 Å². The Bertz CT molecular complexity index is 263. The van der Waals surface area contributed by atoms with Crippen LogP contribution in [0, 0.1) is 0 Å². The van der Waals surface area contributed by atoms with Gasteiger partial charge in [-0.1, -0.05) is 0 Å². The highest BCUT2D eigenvalue weighted by atomic mass is 16.2. The Morgan fingerprint density at radius 3 is 2.44 bits per heavy atom. The zero-order chi connectivity index (χ0) is 13.2. The van der Waals surface area contributed by atoms with Crippen molar-refractivity contribution in [1.29, 1.82) is 0 Å². The van der Waals surface area contributed by atoms with Crippen LogP contribution in [0.3, 0.4) is 0 Å². The number of hydrogen-bond acceptors (Lipinski definition) is 3. The number of nitrogens with one attached hydrogen (secondary N) is 1. The predicted molar refractivity (Wildman–Crippen MR) is 71.0 cm³/mol. The van der Waals surface area contributed by atoms with Crippen LogP contribution in [0.25, 0.3) is 0 Å². The number of carbonyl (C=O) groups excluding carboxylic acids is 2. The maximum atomic E-state index is 11.8. The number of likely N-dealkylation sites (tertiary alicyclic amines) is 1. The molecule has 2 amide bonds. The smallest absolute Gasteiger partial charge is 0.224 e. The van der Waals surface area contributed by atoms with Gasteiger partial charge >= 0.3 is 0 Å². The maximum Gasteiger partial charge on any atom is 0.224 e. The highest BCUT2D eigenvalue weighted by Crippen LogP contribution is 2.09. The topological polar surface area (TPSA) is 75.4 Å². The molecule has 1 rings (SSSR count). The summed E-state index contributed by atoms with van der Waals surface area (Å²) in [5.74, 6) is 0.187.